The second kappa shape index (κ2) is 10.8. The van der Waals surface area contributed by atoms with Crippen molar-refractivity contribution in [3.05, 3.63) is 83.4 Å². The van der Waals surface area contributed by atoms with Gasteiger partial charge in [-0.15, -0.1) is 0 Å². The number of aryl methyl sites for hydroxylation is 2. The van der Waals surface area contributed by atoms with Gasteiger partial charge in [0.1, 0.15) is 6.54 Å². The van der Waals surface area contributed by atoms with E-state index >= 15 is 0 Å². The Hall–Kier alpha value is -3.85. The number of hydrazone groups is 1. The number of anilines is 1. The first-order chi connectivity index (χ1) is 16.3. The van der Waals surface area contributed by atoms with Gasteiger partial charge in [0.2, 0.25) is 0 Å². The minimum Gasteiger partial charge on any atom is -0.493 e. The third-order valence-electron chi connectivity index (χ3n) is 5.21. The summed E-state index contributed by atoms with van der Waals surface area (Å²) < 4.78 is 38.3. The van der Waals surface area contributed by atoms with Crippen LogP contribution >= 0.6 is 0 Å². The fourth-order valence-corrected chi connectivity index (χ4v) is 4.63. The molecular formula is C25H27N3O5S. The molecule has 0 aliphatic heterocycles. The number of hydrogen-bond acceptors (Lipinski definition) is 6. The molecule has 0 aliphatic carbocycles. The number of nitrogens with one attached hydrogen (secondary N) is 1. The number of rotatable bonds is 9. The molecule has 0 aromatic heterocycles. The Labute approximate surface area is 199 Å². The standard InChI is InChI=1S/C25H27N3O5S/c1-18-10-12-21(14-19(18)2)28(34(30,31)22-8-6-5-7-9-22)17-25(29)27-26-16-20-11-13-23(32-3)24(15-20)33-4/h5-16H,17H2,1-4H3,(H,27,29)/b26-16-. The van der Waals surface area contributed by atoms with Crippen molar-refractivity contribution in [3.8, 4) is 11.5 Å². The molecule has 0 radical (unpaired) electrons. The summed E-state index contributed by atoms with van der Waals surface area (Å²) in [5.74, 6) is 0.501. The van der Waals surface area contributed by atoms with Crippen molar-refractivity contribution in [2.45, 2.75) is 18.7 Å². The fraction of sp³-hybridized carbons (Fsp3) is 0.200. The molecule has 0 heterocycles. The summed E-state index contributed by atoms with van der Waals surface area (Å²) in [5.41, 5.74) is 5.39. The fourth-order valence-electron chi connectivity index (χ4n) is 3.19. The zero-order valence-electron chi connectivity index (χ0n) is 19.5. The highest BCUT2D eigenvalue weighted by molar-refractivity contribution is 7.92. The molecule has 1 amide bonds. The van der Waals surface area contributed by atoms with Gasteiger partial charge >= 0.3 is 0 Å². The highest BCUT2D eigenvalue weighted by Gasteiger charge is 2.27. The summed E-state index contributed by atoms with van der Waals surface area (Å²) in [4.78, 5) is 12.8. The third kappa shape index (κ3) is 5.74. The highest BCUT2D eigenvalue weighted by atomic mass is 32.2. The molecule has 34 heavy (non-hydrogen) atoms. The number of carbonyl (C=O) groups excluding carboxylic acids is 1. The van der Waals surface area contributed by atoms with Crippen molar-refractivity contribution >= 4 is 27.8 Å². The molecule has 0 aliphatic rings. The maximum absolute atomic E-state index is 13.4. The van der Waals surface area contributed by atoms with E-state index in [9.17, 15) is 13.2 Å². The van der Waals surface area contributed by atoms with Crippen molar-refractivity contribution in [2.24, 2.45) is 5.10 Å². The summed E-state index contributed by atoms with van der Waals surface area (Å²) in [6, 6.07) is 18.4. The molecule has 0 bridgehead atoms. The lowest BCUT2D eigenvalue weighted by atomic mass is 10.1. The first-order valence-electron chi connectivity index (χ1n) is 10.4. The number of sulfonamides is 1. The molecule has 0 fully saturated rings. The lowest BCUT2D eigenvalue weighted by molar-refractivity contribution is -0.119. The van der Waals surface area contributed by atoms with Crippen LogP contribution in [-0.2, 0) is 14.8 Å². The van der Waals surface area contributed by atoms with Gasteiger partial charge in [0.05, 0.1) is 31.0 Å². The summed E-state index contributed by atoms with van der Waals surface area (Å²) in [5, 5.41) is 3.96. The molecule has 0 saturated carbocycles. The van der Waals surface area contributed by atoms with E-state index in [-0.39, 0.29) is 4.90 Å². The van der Waals surface area contributed by atoms with Crippen LogP contribution in [0.25, 0.3) is 0 Å². The van der Waals surface area contributed by atoms with Crippen LogP contribution < -0.4 is 19.2 Å². The molecule has 178 valence electrons. The quantitative estimate of drug-likeness (QED) is 0.372. The molecule has 0 spiro atoms. The monoisotopic (exact) mass is 481 g/mol. The average molecular weight is 482 g/mol. The Morgan fingerprint density at radius 3 is 2.29 bits per heavy atom. The van der Waals surface area contributed by atoms with Crippen molar-refractivity contribution in [2.75, 3.05) is 25.1 Å². The van der Waals surface area contributed by atoms with Crippen molar-refractivity contribution in [3.63, 3.8) is 0 Å². The molecule has 0 atom stereocenters. The summed E-state index contributed by atoms with van der Waals surface area (Å²) in [6.45, 7) is 3.38. The summed E-state index contributed by atoms with van der Waals surface area (Å²) in [7, 11) is -0.921. The number of amides is 1. The smallest absolute Gasteiger partial charge is 0.264 e. The predicted octanol–water partition coefficient (Wildman–Crippen LogP) is 3.67. The first-order valence-corrected chi connectivity index (χ1v) is 11.9. The Balaban J connectivity index is 1.83. The van der Waals surface area contributed by atoms with Crippen molar-refractivity contribution in [1.29, 1.82) is 0 Å². The normalized spacial score (nSPS) is 11.3. The summed E-state index contributed by atoms with van der Waals surface area (Å²) >= 11 is 0. The second-order valence-corrected chi connectivity index (χ2v) is 9.36. The van der Waals surface area contributed by atoms with E-state index in [1.165, 1.54) is 32.6 Å². The van der Waals surface area contributed by atoms with Crippen molar-refractivity contribution in [1.82, 2.24) is 5.43 Å². The van der Waals surface area contributed by atoms with Gasteiger partial charge in [-0.1, -0.05) is 24.3 Å². The van der Waals surface area contributed by atoms with Crippen LogP contribution in [0.15, 0.2) is 76.7 Å². The first kappa shape index (κ1) is 24.8. The predicted molar refractivity (Wildman–Crippen MR) is 132 cm³/mol. The molecule has 3 aromatic carbocycles. The number of ether oxygens (including phenoxy) is 2. The van der Waals surface area contributed by atoms with Crippen LogP contribution in [0.2, 0.25) is 0 Å². The molecule has 1 N–H and O–H groups in total. The topological polar surface area (TPSA) is 97.3 Å². The lowest BCUT2D eigenvalue weighted by Gasteiger charge is -2.24. The van der Waals surface area contributed by atoms with E-state index in [2.05, 4.69) is 10.5 Å². The molecule has 3 aromatic rings. The van der Waals surface area contributed by atoms with E-state index in [4.69, 9.17) is 9.47 Å². The van der Waals surface area contributed by atoms with Gasteiger partial charge in [0, 0.05) is 0 Å². The number of methoxy groups -OCH3 is 2. The van der Waals surface area contributed by atoms with E-state index in [1.54, 1.807) is 48.5 Å². The zero-order valence-corrected chi connectivity index (χ0v) is 20.3. The molecule has 9 heteroatoms. The van der Waals surface area contributed by atoms with Gasteiger partial charge in [-0.3, -0.25) is 9.10 Å². The van der Waals surface area contributed by atoms with Gasteiger partial charge in [-0.2, -0.15) is 5.10 Å². The Bertz CT molecular complexity index is 1290. The Morgan fingerprint density at radius 2 is 1.65 bits per heavy atom. The maximum Gasteiger partial charge on any atom is 0.264 e. The molecule has 0 saturated heterocycles. The van der Waals surface area contributed by atoms with Gasteiger partial charge in [0.15, 0.2) is 11.5 Å². The minimum atomic E-state index is -3.98. The van der Waals surface area contributed by atoms with Crippen molar-refractivity contribution < 1.29 is 22.7 Å². The highest BCUT2D eigenvalue weighted by Crippen LogP contribution is 2.27. The summed E-state index contributed by atoms with van der Waals surface area (Å²) in [6.07, 6.45) is 1.44. The van der Waals surface area contributed by atoms with Crippen LogP contribution in [0.1, 0.15) is 16.7 Å². The minimum absolute atomic E-state index is 0.0925. The average Bonchev–Trinajstić information content (AvgIpc) is 2.84. The van der Waals surface area contributed by atoms with E-state index < -0.39 is 22.5 Å². The van der Waals surface area contributed by atoms with Crippen LogP contribution in [0.3, 0.4) is 0 Å². The number of nitrogens with zero attached hydrogens (tertiary/aromatic N) is 2. The van der Waals surface area contributed by atoms with Gasteiger partial charge < -0.3 is 9.47 Å². The maximum atomic E-state index is 13.4. The SMILES string of the molecule is COc1ccc(/C=N\NC(=O)CN(c2ccc(C)c(C)c2)S(=O)(=O)c2ccccc2)cc1OC. The molecule has 8 nitrogen and oxygen atoms in total. The molecule has 0 unspecified atom stereocenters. The van der Waals surface area contributed by atoms with E-state index in [0.29, 0.717) is 22.7 Å². The Kier molecular flexibility index (Phi) is 7.91. The van der Waals surface area contributed by atoms with Gasteiger partial charge in [-0.05, 0) is 73.0 Å². The number of hydrogen-bond donors (Lipinski definition) is 1. The van der Waals surface area contributed by atoms with E-state index in [0.717, 1.165) is 15.4 Å². The third-order valence-corrected chi connectivity index (χ3v) is 7.00. The number of benzene rings is 3. The van der Waals surface area contributed by atoms with Crippen LogP contribution in [0.4, 0.5) is 5.69 Å². The number of carbonyl (C=O) groups is 1. The van der Waals surface area contributed by atoms with E-state index in [1.807, 2.05) is 19.9 Å². The van der Waals surface area contributed by atoms with Gasteiger partial charge in [-0.25, -0.2) is 13.8 Å². The van der Waals surface area contributed by atoms with Gasteiger partial charge in [0.25, 0.3) is 15.9 Å². The molecular weight excluding hydrogens is 454 g/mol. The van der Waals surface area contributed by atoms with Crippen LogP contribution in [-0.4, -0.2) is 41.3 Å². The second-order valence-electron chi connectivity index (χ2n) is 7.50. The molecule has 3 rings (SSSR count). The largest absolute Gasteiger partial charge is 0.493 e. The van der Waals surface area contributed by atoms with Crippen LogP contribution in [0.5, 0.6) is 11.5 Å². The zero-order chi connectivity index (χ0) is 24.7. The Morgan fingerprint density at radius 1 is 0.941 bits per heavy atom. The lowest BCUT2D eigenvalue weighted by Crippen LogP contribution is -2.39. The van der Waals surface area contributed by atoms with Crippen LogP contribution in [0, 0.1) is 13.8 Å².